The molecule has 0 aromatic heterocycles. The first-order valence-corrected chi connectivity index (χ1v) is 7.21. The first-order valence-electron chi connectivity index (χ1n) is 5.98. The molecule has 100 valence electrons. The van der Waals surface area contributed by atoms with Gasteiger partial charge < -0.3 is 15.0 Å². The van der Waals surface area contributed by atoms with Crippen LogP contribution in [0.4, 0.5) is 4.79 Å². The van der Waals surface area contributed by atoms with Crippen LogP contribution in [0.25, 0.3) is 0 Å². The number of ether oxygens (including phenoxy) is 1. The summed E-state index contributed by atoms with van der Waals surface area (Å²) >= 11 is 5.96. The number of carbonyl (C=O) groups excluding carboxylic acids is 1. The number of thiocarbonyl (C=S) groups is 1. The Kier molecular flexibility index (Phi) is 10.6. The summed E-state index contributed by atoms with van der Waals surface area (Å²) in [7, 11) is 0. The van der Waals surface area contributed by atoms with E-state index in [-0.39, 0.29) is 5.30 Å². The molecular formula is C11H22N2O2S2. The molecule has 0 fully saturated rings. The Labute approximate surface area is 113 Å². The first-order chi connectivity index (χ1) is 8.13. The second kappa shape index (κ2) is 10.8. The van der Waals surface area contributed by atoms with Crippen LogP contribution in [0.1, 0.15) is 27.2 Å². The number of nitrogens with one attached hydrogen (secondary N) is 1. The number of carbonyl (C=O) groups is 1. The van der Waals surface area contributed by atoms with Gasteiger partial charge in [0.25, 0.3) is 0 Å². The van der Waals surface area contributed by atoms with Gasteiger partial charge in [-0.2, -0.15) is 0 Å². The Morgan fingerprint density at radius 2 is 2.00 bits per heavy atom. The molecule has 0 amide bonds. The van der Waals surface area contributed by atoms with E-state index in [1.54, 1.807) is 6.92 Å². The van der Waals surface area contributed by atoms with E-state index < -0.39 is 0 Å². The maximum atomic E-state index is 11.1. The van der Waals surface area contributed by atoms with E-state index in [1.165, 1.54) is 0 Å². The van der Waals surface area contributed by atoms with Crippen molar-refractivity contribution in [1.82, 2.24) is 10.2 Å². The second-order valence-electron chi connectivity index (χ2n) is 3.38. The minimum Gasteiger partial charge on any atom is -0.458 e. The van der Waals surface area contributed by atoms with E-state index in [9.17, 15) is 4.79 Å². The summed E-state index contributed by atoms with van der Waals surface area (Å²) in [6.07, 6.45) is 1.02. The third-order valence-corrected chi connectivity index (χ3v) is 3.26. The third kappa shape index (κ3) is 9.38. The topological polar surface area (TPSA) is 41.6 Å². The minimum atomic E-state index is -0.339. The van der Waals surface area contributed by atoms with Crippen LogP contribution in [-0.4, -0.2) is 47.3 Å². The lowest BCUT2D eigenvalue weighted by Gasteiger charge is -2.17. The lowest BCUT2D eigenvalue weighted by atomic mass is 10.3. The minimum absolute atomic E-state index is 0.339. The molecule has 0 aromatic rings. The maximum absolute atomic E-state index is 11.1. The van der Waals surface area contributed by atoms with Crippen molar-refractivity contribution in [3.8, 4) is 0 Å². The van der Waals surface area contributed by atoms with Gasteiger partial charge in [0.05, 0.1) is 6.61 Å². The zero-order valence-electron chi connectivity index (χ0n) is 10.8. The SMILES string of the molecule is CCOC(=O)SC(=S)NCCCN(CC)CC. The van der Waals surface area contributed by atoms with Crippen LogP contribution in [0.5, 0.6) is 0 Å². The van der Waals surface area contributed by atoms with Crippen LogP contribution in [0.3, 0.4) is 0 Å². The highest BCUT2D eigenvalue weighted by Crippen LogP contribution is 2.06. The summed E-state index contributed by atoms with van der Waals surface area (Å²) in [5, 5.41) is 2.70. The lowest BCUT2D eigenvalue weighted by Crippen LogP contribution is -2.28. The van der Waals surface area contributed by atoms with Gasteiger partial charge in [-0.3, -0.25) is 0 Å². The number of nitrogens with zero attached hydrogens (tertiary/aromatic N) is 1. The fraction of sp³-hybridized carbons (Fsp3) is 0.818. The molecule has 0 rings (SSSR count). The van der Waals surface area contributed by atoms with Crippen LogP contribution in [0.2, 0.25) is 0 Å². The summed E-state index contributed by atoms with van der Waals surface area (Å²) in [5.41, 5.74) is 0. The smallest absolute Gasteiger partial charge is 0.374 e. The Balaban J connectivity index is 3.54. The van der Waals surface area contributed by atoms with Gasteiger partial charge in [-0.05, 0) is 33.0 Å². The summed E-state index contributed by atoms with van der Waals surface area (Å²) < 4.78 is 5.27. The summed E-state index contributed by atoms with van der Waals surface area (Å²) in [5.74, 6) is 0. The van der Waals surface area contributed by atoms with Crippen molar-refractivity contribution in [3.63, 3.8) is 0 Å². The Morgan fingerprint density at radius 3 is 2.53 bits per heavy atom. The van der Waals surface area contributed by atoms with E-state index in [1.807, 2.05) is 0 Å². The Morgan fingerprint density at radius 1 is 1.35 bits per heavy atom. The van der Waals surface area contributed by atoms with E-state index in [0.29, 0.717) is 10.9 Å². The molecule has 0 heterocycles. The van der Waals surface area contributed by atoms with Crippen LogP contribution in [0, 0.1) is 0 Å². The van der Waals surface area contributed by atoms with Gasteiger partial charge in [0.2, 0.25) is 0 Å². The number of rotatable bonds is 7. The molecule has 0 bridgehead atoms. The number of thioether (sulfide) groups is 1. The monoisotopic (exact) mass is 278 g/mol. The van der Waals surface area contributed by atoms with Crippen molar-refractivity contribution in [3.05, 3.63) is 0 Å². The molecule has 0 aliphatic heterocycles. The highest BCUT2D eigenvalue weighted by Gasteiger charge is 2.07. The molecule has 4 nitrogen and oxygen atoms in total. The van der Waals surface area contributed by atoms with Crippen molar-refractivity contribution < 1.29 is 9.53 Å². The largest absolute Gasteiger partial charge is 0.458 e. The van der Waals surface area contributed by atoms with E-state index >= 15 is 0 Å². The molecular weight excluding hydrogens is 256 g/mol. The Bertz CT molecular complexity index is 234. The average molecular weight is 278 g/mol. The predicted octanol–water partition coefficient (Wildman–Crippen LogP) is 2.48. The molecule has 0 unspecified atom stereocenters. The summed E-state index contributed by atoms with van der Waals surface area (Å²) in [4.78, 5) is 13.4. The molecule has 0 saturated carbocycles. The molecule has 0 aliphatic carbocycles. The van der Waals surface area contributed by atoms with Crippen LogP contribution in [-0.2, 0) is 4.74 Å². The molecule has 0 spiro atoms. The van der Waals surface area contributed by atoms with Gasteiger partial charge in [-0.15, -0.1) is 0 Å². The standard InChI is InChI=1S/C11H22N2O2S2/c1-4-13(5-2)9-7-8-12-10(16)17-11(14)15-6-3/h4-9H2,1-3H3,(H,12,16). The average Bonchev–Trinajstić information content (AvgIpc) is 2.29. The molecule has 0 atom stereocenters. The van der Waals surface area contributed by atoms with Gasteiger partial charge in [-0.1, -0.05) is 26.1 Å². The van der Waals surface area contributed by atoms with E-state index in [4.69, 9.17) is 17.0 Å². The van der Waals surface area contributed by atoms with Gasteiger partial charge in [0.1, 0.15) is 4.32 Å². The summed E-state index contributed by atoms with van der Waals surface area (Å²) in [6.45, 7) is 10.4. The van der Waals surface area contributed by atoms with Crippen molar-refractivity contribution in [2.75, 3.05) is 32.8 Å². The molecule has 0 saturated heterocycles. The predicted molar refractivity (Wildman–Crippen MR) is 77.6 cm³/mol. The number of hydrogen-bond acceptors (Lipinski definition) is 5. The molecule has 0 aromatic carbocycles. The van der Waals surface area contributed by atoms with Gasteiger partial charge in [-0.25, -0.2) is 4.79 Å². The van der Waals surface area contributed by atoms with Crippen LogP contribution >= 0.6 is 24.0 Å². The molecule has 6 heteroatoms. The van der Waals surface area contributed by atoms with E-state index in [2.05, 4.69) is 24.1 Å². The summed E-state index contributed by atoms with van der Waals surface area (Å²) in [6, 6.07) is 0. The molecule has 1 N–H and O–H groups in total. The van der Waals surface area contributed by atoms with Crippen molar-refractivity contribution in [2.24, 2.45) is 0 Å². The van der Waals surface area contributed by atoms with Crippen molar-refractivity contribution >= 4 is 33.6 Å². The normalized spacial score (nSPS) is 10.4. The quantitative estimate of drug-likeness (QED) is 0.438. The fourth-order valence-electron chi connectivity index (χ4n) is 1.29. The molecule has 17 heavy (non-hydrogen) atoms. The molecule has 0 radical (unpaired) electrons. The van der Waals surface area contributed by atoms with Gasteiger partial charge >= 0.3 is 5.30 Å². The second-order valence-corrected chi connectivity index (χ2v) is 4.99. The molecule has 0 aliphatic rings. The van der Waals surface area contributed by atoms with Gasteiger partial charge in [0.15, 0.2) is 0 Å². The van der Waals surface area contributed by atoms with E-state index in [0.717, 1.165) is 44.4 Å². The van der Waals surface area contributed by atoms with Gasteiger partial charge in [0, 0.05) is 18.3 Å². The highest BCUT2D eigenvalue weighted by atomic mass is 32.2. The Hall–Kier alpha value is -0.330. The van der Waals surface area contributed by atoms with Crippen LogP contribution < -0.4 is 5.32 Å². The number of hydrogen-bond donors (Lipinski definition) is 1. The van der Waals surface area contributed by atoms with Crippen LogP contribution in [0.15, 0.2) is 0 Å². The third-order valence-electron chi connectivity index (χ3n) is 2.25. The van der Waals surface area contributed by atoms with Crippen molar-refractivity contribution in [1.29, 1.82) is 0 Å². The van der Waals surface area contributed by atoms with Crippen molar-refractivity contribution in [2.45, 2.75) is 27.2 Å². The zero-order valence-corrected chi connectivity index (χ0v) is 12.5. The highest BCUT2D eigenvalue weighted by molar-refractivity contribution is 8.32. The maximum Gasteiger partial charge on any atom is 0.374 e. The zero-order chi connectivity index (χ0) is 13.1. The lowest BCUT2D eigenvalue weighted by molar-refractivity contribution is 0.182. The first kappa shape index (κ1) is 16.7. The fourth-order valence-corrected chi connectivity index (χ4v) is 2.10.